The number of alkyl halides is 3. The average molecular weight is 413 g/mol. The number of hydrazone groups is 1. The largest absolute Gasteiger partial charge is 0.493 e. The molecule has 0 aliphatic heterocycles. The lowest BCUT2D eigenvalue weighted by Gasteiger charge is -2.14. The van der Waals surface area contributed by atoms with Crippen LogP contribution in [0.2, 0.25) is 0 Å². The fourth-order valence-electron chi connectivity index (χ4n) is 2.45. The summed E-state index contributed by atoms with van der Waals surface area (Å²) in [5.74, 6) is 1.12. The van der Waals surface area contributed by atoms with Gasteiger partial charge in [-0.25, -0.2) is 0 Å². The van der Waals surface area contributed by atoms with Gasteiger partial charge in [0.1, 0.15) is 5.69 Å². The van der Waals surface area contributed by atoms with Gasteiger partial charge >= 0.3 is 6.18 Å². The lowest BCUT2D eigenvalue weighted by Crippen LogP contribution is -2.07. The molecule has 0 radical (unpaired) electrons. The van der Waals surface area contributed by atoms with Crippen molar-refractivity contribution in [1.82, 2.24) is 0 Å². The fourth-order valence-corrected chi connectivity index (χ4v) is 2.45. The van der Waals surface area contributed by atoms with Crippen molar-refractivity contribution in [3.63, 3.8) is 0 Å². The van der Waals surface area contributed by atoms with Crippen molar-refractivity contribution < 1.29 is 32.3 Å². The number of hydrogen-bond donors (Lipinski definition) is 1. The first-order valence-electron chi connectivity index (χ1n) is 8.08. The molecule has 0 saturated heterocycles. The molecule has 0 amide bonds. The highest BCUT2D eigenvalue weighted by Crippen LogP contribution is 2.38. The summed E-state index contributed by atoms with van der Waals surface area (Å²) in [6.07, 6.45) is -4.70. The van der Waals surface area contributed by atoms with Gasteiger partial charge in [0.2, 0.25) is 5.75 Å². The third-order valence-electron chi connectivity index (χ3n) is 3.95. The van der Waals surface area contributed by atoms with Gasteiger partial charge in [-0.1, -0.05) is 0 Å². The van der Waals surface area contributed by atoms with Gasteiger partial charge in [0.15, 0.2) is 11.5 Å². The molecule has 0 saturated carbocycles. The summed E-state index contributed by atoms with van der Waals surface area (Å²) >= 11 is 0. The first-order chi connectivity index (χ1) is 13.6. The van der Waals surface area contributed by atoms with Crippen LogP contribution in [0, 0.1) is 10.1 Å². The van der Waals surface area contributed by atoms with Crippen LogP contribution < -0.4 is 19.6 Å². The maximum absolute atomic E-state index is 12.8. The van der Waals surface area contributed by atoms with E-state index < -0.39 is 22.4 Å². The van der Waals surface area contributed by atoms with Crippen molar-refractivity contribution in [3.8, 4) is 17.2 Å². The highest BCUT2D eigenvalue weighted by molar-refractivity contribution is 6.00. The molecule has 0 bridgehead atoms. The van der Waals surface area contributed by atoms with Gasteiger partial charge in [-0.15, -0.1) is 0 Å². The zero-order chi connectivity index (χ0) is 21.8. The SMILES string of the molecule is COc1cc(C(C)=NNc2ccc(C(F)(F)F)cc2[N+](=O)[O-])cc(OC)c1OC. The van der Waals surface area contributed by atoms with Crippen LogP contribution in [-0.2, 0) is 6.18 Å². The monoisotopic (exact) mass is 413 g/mol. The summed E-state index contributed by atoms with van der Waals surface area (Å²) in [7, 11) is 4.33. The molecule has 2 aromatic rings. The highest BCUT2D eigenvalue weighted by atomic mass is 19.4. The van der Waals surface area contributed by atoms with Crippen molar-refractivity contribution in [3.05, 3.63) is 51.6 Å². The molecule has 0 fully saturated rings. The Labute approximate surface area is 164 Å². The maximum Gasteiger partial charge on any atom is 0.416 e. The van der Waals surface area contributed by atoms with E-state index >= 15 is 0 Å². The average Bonchev–Trinajstić information content (AvgIpc) is 2.69. The quantitative estimate of drug-likeness (QED) is 0.409. The Morgan fingerprint density at radius 3 is 2.10 bits per heavy atom. The van der Waals surface area contributed by atoms with E-state index in [1.54, 1.807) is 19.1 Å². The second kappa shape index (κ2) is 8.67. The zero-order valence-corrected chi connectivity index (χ0v) is 16.0. The minimum atomic E-state index is -4.70. The number of methoxy groups -OCH3 is 3. The maximum atomic E-state index is 12.8. The third-order valence-corrected chi connectivity index (χ3v) is 3.95. The van der Waals surface area contributed by atoms with Crippen LogP contribution in [0.15, 0.2) is 35.4 Å². The first kappa shape index (κ1) is 21.8. The van der Waals surface area contributed by atoms with E-state index in [1.165, 1.54) is 21.3 Å². The van der Waals surface area contributed by atoms with E-state index in [1.807, 2.05) is 0 Å². The molecule has 0 spiro atoms. The number of nitro groups is 1. The number of nitrogens with zero attached hydrogens (tertiary/aromatic N) is 2. The normalized spacial score (nSPS) is 11.8. The second-order valence-electron chi connectivity index (χ2n) is 5.71. The smallest absolute Gasteiger partial charge is 0.416 e. The summed E-state index contributed by atoms with van der Waals surface area (Å²) in [6, 6.07) is 5.37. The fraction of sp³-hybridized carbons (Fsp3) is 0.278. The van der Waals surface area contributed by atoms with Crippen LogP contribution in [0.25, 0.3) is 0 Å². The first-order valence-corrected chi connectivity index (χ1v) is 8.08. The molecule has 11 heteroatoms. The molecule has 156 valence electrons. The number of nitrogens with one attached hydrogen (secondary N) is 1. The minimum absolute atomic E-state index is 0.185. The van der Waals surface area contributed by atoms with E-state index in [0.29, 0.717) is 34.6 Å². The molecule has 0 unspecified atom stereocenters. The van der Waals surface area contributed by atoms with Gasteiger partial charge in [0.05, 0.1) is 37.5 Å². The summed E-state index contributed by atoms with van der Waals surface area (Å²) in [6.45, 7) is 1.60. The van der Waals surface area contributed by atoms with Gasteiger partial charge in [-0.05, 0) is 31.2 Å². The van der Waals surface area contributed by atoms with Gasteiger partial charge in [0, 0.05) is 11.6 Å². The van der Waals surface area contributed by atoms with Crippen LogP contribution in [0.5, 0.6) is 17.2 Å². The molecule has 2 aromatic carbocycles. The van der Waals surface area contributed by atoms with Gasteiger partial charge in [-0.3, -0.25) is 15.5 Å². The van der Waals surface area contributed by atoms with Crippen LogP contribution in [0.3, 0.4) is 0 Å². The predicted molar refractivity (Wildman–Crippen MR) is 100 cm³/mol. The van der Waals surface area contributed by atoms with E-state index in [0.717, 1.165) is 12.1 Å². The van der Waals surface area contributed by atoms with E-state index in [4.69, 9.17) is 14.2 Å². The molecule has 1 N–H and O–H groups in total. The summed E-state index contributed by atoms with van der Waals surface area (Å²) in [5.41, 5.74) is 1.30. The molecule has 0 aliphatic carbocycles. The topological polar surface area (TPSA) is 95.2 Å². The zero-order valence-electron chi connectivity index (χ0n) is 16.0. The molecule has 0 atom stereocenters. The lowest BCUT2D eigenvalue weighted by atomic mass is 10.1. The predicted octanol–water partition coefficient (Wildman–Crippen LogP) is 4.48. The molecule has 0 heterocycles. The third kappa shape index (κ3) is 4.86. The highest BCUT2D eigenvalue weighted by Gasteiger charge is 2.33. The summed E-state index contributed by atoms with van der Waals surface area (Å²) in [4.78, 5) is 10.2. The number of hydrogen-bond acceptors (Lipinski definition) is 7. The number of benzene rings is 2. The Morgan fingerprint density at radius 1 is 1.07 bits per heavy atom. The molecule has 2 rings (SSSR count). The summed E-state index contributed by atoms with van der Waals surface area (Å²) in [5, 5.41) is 15.2. The molecular weight excluding hydrogens is 395 g/mol. The van der Waals surface area contributed by atoms with E-state index in [9.17, 15) is 23.3 Å². The Bertz CT molecular complexity index is 920. The van der Waals surface area contributed by atoms with Crippen LogP contribution >= 0.6 is 0 Å². The van der Waals surface area contributed by atoms with Crippen LogP contribution in [-0.4, -0.2) is 32.0 Å². The van der Waals surface area contributed by atoms with Crippen molar-refractivity contribution in [2.75, 3.05) is 26.8 Å². The molecule has 0 aliphatic rings. The van der Waals surface area contributed by atoms with Gasteiger partial charge < -0.3 is 14.2 Å². The Morgan fingerprint density at radius 2 is 1.66 bits per heavy atom. The van der Waals surface area contributed by atoms with Crippen LogP contribution in [0.1, 0.15) is 18.1 Å². The number of anilines is 1. The minimum Gasteiger partial charge on any atom is -0.493 e. The Balaban J connectivity index is 2.40. The number of ether oxygens (including phenoxy) is 3. The van der Waals surface area contributed by atoms with Crippen molar-refractivity contribution >= 4 is 17.1 Å². The van der Waals surface area contributed by atoms with Crippen molar-refractivity contribution in [1.29, 1.82) is 0 Å². The van der Waals surface area contributed by atoms with E-state index in [2.05, 4.69) is 10.5 Å². The second-order valence-corrected chi connectivity index (χ2v) is 5.71. The molecule has 29 heavy (non-hydrogen) atoms. The van der Waals surface area contributed by atoms with Gasteiger partial charge in [-0.2, -0.15) is 18.3 Å². The Kier molecular flexibility index (Phi) is 6.52. The molecular formula is C18H18F3N3O5. The van der Waals surface area contributed by atoms with Crippen LogP contribution in [0.4, 0.5) is 24.5 Å². The number of halogens is 3. The van der Waals surface area contributed by atoms with Gasteiger partial charge in [0.25, 0.3) is 5.69 Å². The standard InChI is InChI=1S/C18H18F3N3O5/c1-10(11-7-15(27-2)17(29-4)16(8-11)28-3)22-23-13-6-5-12(18(19,20)21)9-14(13)24(25)26/h5-9,23H,1-4H3. The number of nitro benzene ring substituents is 1. The molecule has 0 aromatic heterocycles. The lowest BCUT2D eigenvalue weighted by molar-refractivity contribution is -0.384. The van der Waals surface area contributed by atoms with Crippen molar-refractivity contribution in [2.24, 2.45) is 5.10 Å². The summed E-state index contributed by atoms with van der Waals surface area (Å²) < 4.78 is 54.1. The number of rotatable bonds is 7. The molecule has 8 nitrogen and oxygen atoms in total. The Hall–Kier alpha value is -3.50. The van der Waals surface area contributed by atoms with E-state index in [-0.39, 0.29) is 5.69 Å². The van der Waals surface area contributed by atoms with Crippen molar-refractivity contribution in [2.45, 2.75) is 13.1 Å².